The molecule has 0 radical (unpaired) electrons. The van der Waals surface area contributed by atoms with Crippen molar-refractivity contribution < 1.29 is 9.90 Å². The molecule has 2 aromatic rings. The number of nitrogens with one attached hydrogen (secondary N) is 1. The first-order valence-corrected chi connectivity index (χ1v) is 7.25. The maximum Gasteiger partial charge on any atom is 0.335 e. The number of rotatable bonds is 5. The van der Waals surface area contributed by atoms with E-state index in [1.54, 1.807) is 12.1 Å². The molecule has 0 aliphatic rings. The van der Waals surface area contributed by atoms with Crippen molar-refractivity contribution in [1.29, 1.82) is 0 Å². The number of anilines is 1. The molecule has 0 aliphatic carbocycles. The van der Waals surface area contributed by atoms with E-state index in [2.05, 4.69) is 12.2 Å². The van der Waals surface area contributed by atoms with E-state index >= 15 is 0 Å². The maximum atomic E-state index is 11.1. The van der Waals surface area contributed by atoms with Gasteiger partial charge in [-0.05, 0) is 48.7 Å². The van der Waals surface area contributed by atoms with Crippen molar-refractivity contribution in [3.8, 4) is 0 Å². The molecule has 2 rings (SSSR count). The first-order valence-electron chi connectivity index (χ1n) is 6.87. The fourth-order valence-electron chi connectivity index (χ4n) is 2.21. The molecular weight excluding hydrogens is 286 g/mol. The molecule has 110 valence electrons. The standard InChI is InChI=1S/C17H18ClNO2/c1-3-15(12-6-8-14(18)9-7-12)19-16-10-13(17(20)21)5-4-11(16)2/h4-10,15,19H,3H2,1-2H3,(H,20,21). The van der Waals surface area contributed by atoms with E-state index in [4.69, 9.17) is 16.7 Å². The minimum Gasteiger partial charge on any atom is -0.478 e. The zero-order valence-corrected chi connectivity index (χ0v) is 12.8. The lowest BCUT2D eigenvalue weighted by Gasteiger charge is -2.20. The number of benzene rings is 2. The van der Waals surface area contributed by atoms with E-state index in [-0.39, 0.29) is 11.6 Å². The molecule has 0 bridgehead atoms. The second-order valence-corrected chi connectivity index (χ2v) is 5.43. The lowest BCUT2D eigenvalue weighted by atomic mass is 10.0. The molecule has 0 aliphatic heterocycles. The van der Waals surface area contributed by atoms with Gasteiger partial charge in [0.25, 0.3) is 0 Å². The second-order valence-electron chi connectivity index (χ2n) is 4.99. The first-order chi connectivity index (χ1) is 10.0. The summed E-state index contributed by atoms with van der Waals surface area (Å²) in [6, 6.07) is 12.9. The summed E-state index contributed by atoms with van der Waals surface area (Å²) in [7, 11) is 0. The average Bonchev–Trinajstić information content (AvgIpc) is 2.47. The molecule has 21 heavy (non-hydrogen) atoms. The molecule has 2 N–H and O–H groups in total. The summed E-state index contributed by atoms with van der Waals surface area (Å²) in [6.07, 6.45) is 0.887. The number of carbonyl (C=O) groups is 1. The smallest absolute Gasteiger partial charge is 0.335 e. The number of aryl methyl sites for hydroxylation is 1. The Morgan fingerprint density at radius 2 is 1.90 bits per heavy atom. The molecule has 1 atom stereocenters. The number of hydrogen-bond donors (Lipinski definition) is 2. The Hall–Kier alpha value is -2.00. The van der Waals surface area contributed by atoms with Crippen LogP contribution >= 0.6 is 11.6 Å². The van der Waals surface area contributed by atoms with Crippen molar-refractivity contribution in [2.45, 2.75) is 26.3 Å². The monoisotopic (exact) mass is 303 g/mol. The van der Waals surface area contributed by atoms with Crippen LogP contribution < -0.4 is 5.32 Å². The van der Waals surface area contributed by atoms with Gasteiger partial charge in [0.15, 0.2) is 0 Å². The summed E-state index contributed by atoms with van der Waals surface area (Å²) in [5, 5.41) is 13.2. The van der Waals surface area contributed by atoms with Crippen LogP contribution in [0.5, 0.6) is 0 Å². The van der Waals surface area contributed by atoms with Gasteiger partial charge < -0.3 is 10.4 Å². The molecule has 4 heteroatoms. The van der Waals surface area contributed by atoms with Crippen LogP contribution in [0.4, 0.5) is 5.69 Å². The molecule has 0 amide bonds. The van der Waals surface area contributed by atoms with Crippen LogP contribution in [0.3, 0.4) is 0 Å². The second kappa shape index (κ2) is 6.64. The van der Waals surface area contributed by atoms with E-state index in [0.29, 0.717) is 5.02 Å². The molecule has 0 spiro atoms. The highest BCUT2D eigenvalue weighted by molar-refractivity contribution is 6.30. The maximum absolute atomic E-state index is 11.1. The highest BCUT2D eigenvalue weighted by Crippen LogP contribution is 2.26. The van der Waals surface area contributed by atoms with Crippen LogP contribution in [0.25, 0.3) is 0 Å². The highest BCUT2D eigenvalue weighted by Gasteiger charge is 2.12. The van der Waals surface area contributed by atoms with Gasteiger partial charge >= 0.3 is 5.97 Å². The zero-order valence-electron chi connectivity index (χ0n) is 12.1. The van der Waals surface area contributed by atoms with Gasteiger partial charge in [-0.1, -0.05) is 36.7 Å². The quantitative estimate of drug-likeness (QED) is 0.825. The number of halogens is 1. The Balaban J connectivity index is 2.28. The number of carboxylic acids is 1. The topological polar surface area (TPSA) is 49.3 Å². The fraction of sp³-hybridized carbons (Fsp3) is 0.235. The average molecular weight is 304 g/mol. The van der Waals surface area contributed by atoms with Crippen LogP contribution in [0.15, 0.2) is 42.5 Å². The zero-order chi connectivity index (χ0) is 15.4. The Morgan fingerprint density at radius 3 is 2.48 bits per heavy atom. The van der Waals surface area contributed by atoms with Crippen molar-refractivity contribution in [3.05, 3.63) is 64.2 Å². The van der Waals surface area contributed by atoms with Gasteiger partial charge in [0, 0.05) is 10.7 Å². The van der Waals surface area contributed by atoms with Crippen LogP contribution in [-0.2, 0) is 0 Å². The van der Waals surface area contributed by atoms with Crippen molar-refractivity contribution in [2.24, 2.45) is 0 Å². The third-order valence-electron chi connectivity index (χ3n) is 3.49. The van der Waals surface area contributed by atoms with E-state index in [0.717, 1.165) is 23.2 Å². The van der Waals surface area contributed by atoms with Gasteiger partial charge in [0.05, 0.1) is 11.6 Å². The Labute approximate surface area is 129 Å². The summed E-state index contributed by atoms with van der Waals surface area (Å²) >= 11 is 5.91. The van der Waals surface area contributed by atoms with E-state index in [9.17, 15) is 4.79 Å². The van der Waals surface area contributed by atoms with Gasteiger partial charge in [-0.15, -0.1) is 0 Å². The molecular formula is C17H18ClNO2. The van der Waals surface area contributed by atoms with Gasteiger partial charge in [0.2, 0.25) is 0 Å². The molecule has 0 aromatic heterocycles. The van der Waals surface area contributed by atoms with Gasteiger partial charge in [-0.2, -0.15) is 0 Å². The molecule has 0 heterocycles. The predicted molar refractivity (Wildman–Crippen MR) is 86.2 cm³/mol. The van der Waals surface area contributed by atoms with E-state index in [1.165, 1.54) is 0 Å². The van der Waals surface area contributed by atoms with Crippen LogP contribution in [-0.4, -0.2) is 11.1 Å². The first kappa shape index (κ1) is 15.4. The lowest BCUT2D eigenvalue weighted by molar-refractivity contribution is 0.0697. The van der Waals surface area contributed by atoms with Crippen LogP contribution in [0, 0.1) is 6.92 Å². The Kier molecular flexibility index (Phi) is 4.86. The summed E-state index contributed by atoms with van der Waals surface area (Å²) < 4.78 is 0. The SMILES string of the molecule is CCC(Nc1cc(C(=O)O)ccc1C)c1ccc(Cl)cc1. The summed E-state index contributed by atoms with van der Waals surface area (Å²) in [4.78, 5) is 11.1. The summed E-state index contributed by atoms with van der Waals surface area (Å²) in [6.45, 7) is 4.05. The van der Waals surface area contributed by atoms with E-state index < -0.39 is 5.97 Å². The minimum atomic E-state index is -0.919. The number of carboxylic acid groups (broad SMARTS) is 1. The van der Waals surface area contributed by atoms with Crippen LogP contribution in [0.2, 0.25) is 5.02 Å². The summed E-state index contributed by atoms with van der Waals surface area (Å²) in [5.41, 5.74) is 3.28. The van der Waals surface area contributed by atoms with E-state index in [1.807, 2.05) is 37.3 Å². The predicted octanol–water partition coefficient (Wildman–Crippen LogP) is 4.91. The molecule has 0 saturated carbocycles. The van der Waals surface area contributed by atoms with Gasteiger partial charge in [-0.25, -0.2) is 4.79 Å². The van der Waals surface area contributed by atoms with Gasteiger partial charge in [0.1, 0.15) is 0 Å². The largest absolute Gasteiger partial charge is 0.478 e. The Morgan fingerprint density at radius 1 is 1.24 bits per heavy atom. The van der Waals surface area contributed by atoms with Crippen molar-refractivity contribution >= 4 is 23.3 Å². The Bertz CT molecular complexity index is 638. The van der Waals surface area contributed by atoms with Gasteiger partial charge in [-0.3, -0.25) is 0 Å². The molecule has 2 aromatic carbocycles. The molecule has 0 fully saturated rings. The van der Waals surface area contributed by atoms with Crippen molar-refractivity contribution in [2.75, 3.05) is 5.32 Å². The summed E-state index contributed by atoms with van der Waals surface area (Å²) in [5.74, 6) is -0.919. The third kappa shape index (κ3) is 3.76. The van der Waals surface area contributed by atoms with Crippen molar-refractivity contribution in [3.63, 3.8) is 0 Å². The molecule has 0 saturated heterocycles. The number of hydrogen-bond acceptors (Lipinski definition) is 2. The van der Waals surface area contributed by atoms with Crippen LogP contribution in [0.1, 0.15) is 40.9 Å². The molecule has 1 unspecified atom stereocenters. The number of aromatic carboxylic acids is 1. The lowest BCUT2D eigenvalue weighted by Crippen LogP contribution is -2.11. The fourth-order valence-corrected chi connectivity index (χ4v) is 2.34. The van der Waals surface area contributed by atoms with Crippen molar-refractivity contribution in [1.82, 2.24) is 0 Å². The normalized spacial score (nSPS) is 12.0. The highest BCUT2D eigenvalue weighted by atomic mass is 35.5. The minimum absolute atomic E-state index is 0.116. The third-order valence-corrected chi connectivity index (χ3v) is 3.75. The molecule has 3 nitrogen and oxygen atoms in total.